The number of aryl methyl sites for hydroxylation is 1. The average molecular weight is 355 g/mol. The zero-order valence-electron chi connectivity index (χ0n) is 14.6. The van der Waals surface area contributed by atoms with Gasteiger partial charge in [-0.3, -0.25) is 14.2 Å². The number of hydrogen-bond acceptors (Lipinski definition) is 4. The van der Waals surface area contributed by atoms with Crippen molar-refractivity contribution in [2.45, 2.75) is 39.8 Å². The zero-order chi connectivity index (χ0) is 18.0. The van der Waals surface area contributed by atoms with Crippen molar-refractivity contribution >= 4 is 27.5 Å². The molecule has 0 bridgehead atoms. The zero-order valence-corrected chi connectivity index (χ0v) is 15.4. The van der Waals surface area contributed by atoms with E-state index in [4.69, 9.17) is 0 Å². The Kier molecular flexibility index (Phi) is 4.99. The van der Waals surface area contributed by atoms with Crippen LogP contribution in [0.15, 0.2) is 40.8 Å². The Balaban J connectivity index is 1.99. The summed E-state index contributed by atoms with van der Waals surface area (Å²) in [6.45, 7) is 5.95. The molecule has 130 valence electrons. The van der Waals surface area contributed by atoms with Gasteiger partial charge >= 0.3 is 0 Å². The molecule has 2 heterocycles. The summed E-state index contributed by atoms with van der Waals surface area (Å²) < 4.78 is 1.38. The minimum Gasteiger partial charge on any atom is -0.352 e. The molecular weight excluding hydrogens is 334 g/mol. The third-order valence-corrected chi connectivity index (χ3v) is 5.14. The van der Waals surface area contributed by atoms with Gasteiger partial charge in [0.25, 0.3) is 5.56 Å². The van der Waals surface area contributed by atoms with Crippen LogP contribution in [0.1, 0.15) is 25.8 Å². The van der Waals surface area contributed by atoms with Crippen LogP contribution in [0.5, 0.6) is 0 Å². The molecule has 0 aliphatic carbocycles. The van der Waals surface area contributed by atoms with E-state index in [2.05, 4.69) is 10.3 Å². The van der Waals surface area contributed by atoms with Crippen molar-refractivity contribution in [2.24, 2.45) is 0 Å². The van der Waals surface area contributed by atoms with Gasteiger partial charge in [-0.15, -0.1) is 11.3 Å². The number of aromatic nitrogens is 2. The van der Waals surface area contributed by atoms with E-state index in [1.54, 1.807) is 0 Å². The maximum absolute atomic E-state index is 12.9. The molecule has 0 aliphatic rings. The number of amides is 1. The number of carbonyl (C=O) groups excluding carboxylic acids is 1. The van der Waals surface area contributed by atoms with E-state index >= 15 is 0 Å². The SMILES string of the molecule is CCC(C)NC(=O)Cn1cnc2scc(-c3ccc(C)cc3)c2c1=O. The highest BCUT2D eigenvalue weighted by Crippen LogP contribution is 2.30. The molecule has 6 heteroatoms. The van der Waals surface area contributed by atoms with Gasteiger partial charge in [0.1, 0.15) is 11.4 Å². The van der Waals surface area contributed by atoms with E-state index in [9.17, 15) is 9.59 Å². The highest BCUT2D eigenvalue weighted by atomic mass is 32.1. The second-order valence-electron chi connectivity index (χ2n) is 6.25. The first kappa shape index (κ1) is 17.4. The molecule has 3 rings (SSSR count). The predicted octanol–water partition coefficient (Wildman–Crippen LogP) is 3.35. The summed E-state index contributed by atoms with van der Waals surface area (Å²) in [5, 5.41) is 5.40. The van der Waals surface area contributed by atoms with E-state index in [1.165, 1.54) is 27.8 Å². The molecule has 0 saturated carbocycles. The summed E-state index contributed by atoms with van der Waals surface area (Å²) in [5.74, 6) is -0.176. The first-order valence-corrected chi connectivity index (χ1v) is 9.20. The minimum absolute atomic E-state index is 0.0186. The Bertz CT molecular complexity index is 957. The molecule has 25 heavy (non-hydrogen) atoms. The number of nitrogens with zero attached hydrogens (tertiary/aromatic N) is 2. The number of fused-ring (bicyclic) bond motifs is 1. The fraction of sp³-hybridized carbons (Fsp3) is 0.316. The van der Waals surface area contributed by atoms with Crippen LogP contribution in [0.4, 0.5) is 0 Å². The topological polar surface area (TPSA) is 64.0 Å². The highest BCUT2D eigenvalue weighted by molar-refractivity contribution is 7.17. The smallest absolute Gasteiger partial charge is 0.263 e. The second kappa shape index (κ2) is 7.19. The largest absolute Gasteiger partial charge is 0.352 e. The van der Waals surface area contributed by atoms with Gasteiger partial charge in [0, 0.05) is 17.0 Å². The van der Waals surface area contributed by atoms with Crippen LogP contribution in [0, 0.1) is 6.92 Å². The summed E-state index contributed by atoms with van der Waals surface area (Å²) >= 11 is 1.44. The van der Waals surface area contributed by atoms with Crippen LogP contribution in [0.25, 0.3) is 21.3 Å². The summed E-state index contributed by atoms with van der Waals surface area (Å²) in [4.78, 5) is 30.0. The van der Waals surface area contributed by atoms with Crippen molar-refractivity contribution in [1.82, 2.24) is 14.9 Å². The Morgan fingerprint density at radius 2 is 2.04 bits per heavy atom. The Hall–Kier alpha value is -2.47. The number of nitrogens with one attached hydrogen (secondary N) is 1. The lowest BCUT2D eigenvalue weighted by Crippen LogP contribution is -2.37. The van der Waals surface area contributed by atoms with Gasteiger partial charge in [-0.25, -0.2) is 4.98 Å². The fourth-order valence-corrected chi connectivity index (χ4v) is 3.51. The molecule has 1 unspecified atom stereocenters. The van der Waals surface area contributed by atoms with Gasteiger partial charge in [0.2, 0.25) is 5.91 Å². The molecule has 0 aliphatic heterocycles. The minimum atomic E-state index is -0.180. The average Bonchev–Trinajstić information content (AvgIpc) is 3.02. The van der Waals surface area contributed by atoms with Crippen LogP contribution in [0.2, 0.25) is 0 Å². The van der Waals surface area contributed by atoms with E-state index in [-0.39, 0.29) is 24.1 Å². The van der Waals surface area contributed by atoms with E-state index in [1.807, 2.05) is 50.4 Å². The van der Waals surface area contributed by atoms with Gasteiger partial charge in [-0.2, -0.15) is 0 Å². The summed E-state index contributed by atoms with van der Waals surface area (Å²) in [6.07, 6.45) is 2.30. The van der Waals surface area contributed by atoms with Crippen LogP contribution in [-0.4, -0.2) is 21.5 Å². The first-order chi connectivity index (χ1) is 12.0. The lowest BCUT2D eigenvalue weighted by Gasteiger charge is -2.12. The van der Waals surface area contributed by atoms with Gasteiger partial charge < -0.3 is 5.32 Å². The standard InChI is InChI=1S/C19H21N3O2S/c1-4-13(3)21-16(23)9-22-11-20-18-17(19(22)24)15(10-25-18)14-7-5-12(2)6-8-14/h5-8,10-11,13H,4,9H2,1-3H3,(H,21,23). The first-order valence-electron chi connectivity index (χ1n) is 8.32. The molecule has 0 fully saturated rings. The molecule has 5 nitrogen and oxygen atoms in total. The molecule has 0 radical (unpaired) electrons. The molecule has 1 amide bonds. The van der Waals surface area contributed by atoms with Crippen molar-refractivity contribution in [2.75, 3.05) is 0 Å². The van der Waals surface area contributed by atoms with Crippen molar-refractivity contribution in [3.8, 4) is 11.1 Å². The lowest BCUT2D eigenvalue weighted by molar-refractivity contribution is -0.122. The summed E-state index contributed by atoms with van der Waals surface area (Å²) in [6, 6.07) is 8.14. The number of carbonyl (C=O) groups is 1. The monoisotopic (exact) mass is 355 g/mol. The van der Waals surface area contributed by atoms with E-state index in [0.29, 0.717) is 10.2 Å². The van der Waals surface area contributed by atoms with Crippen molar-refractivity contribution in [3.05, 3.63) is 51.9 Å². The predicted molar refractivity (Wildman–Crippen MR) is 102 cm³/mol. The molecule has 3 aromatic rings. The van der Waals surface area contributed by atoms with Gasteiger partial charge in [0.15, 0.2) is 0 Å². The molecule has 0 saturated heterocycles. The van der Waals surface area contributed by atoms with Crippen molar-refractivity contribution < 1.29 is 4.79 Å². The quantitative estimate of drug-likeness (QED) is 0.763. The van der Waals surface area contributed by atoms with Gasteiger partial charge in [-0.05, 0) is 25.8 Å². The van der Waals surface area contributed by atoms with Crippen LogP contribution >= 0.6 is 11.3 Å². The third kappa shape index (κ3) is 3.64. The van der Waals surface area contributed by atoms with Crippen LogP contribution < -0.4 is 10.9 Å². The molecule has 2 aromatic heterocycles. The maximum atomic E-state index is 12.9. The Morgan fingerprint density at radius 1 is 1.32 bits per heavy atom. The molecule has 1 atom stereocenters. The summed E-state index contributed by atoms with van der Waals surface area (Å²) in [5.41, 5.74) is 2.84. The molecular formula is C19H21N3O2S. The molecule has 1 N–H and O–H groups in total. The van der Waals surface area contributed by atoms with E-state index in [0.717, 1.165) is 17.5 Å². The van der Waals surface area contributed by atoms with Crippen molar-refractivity contribution in [3.63, 3.8) is 0 Å². The van der Waals surface area contributed by atoms with Gasteiger partial charge in [0.05, 0.1) is 11.7 Å². The van der Waals surface area contributed by atoms with E-state index < -0.39 is 0 Å². The number of thiophene rings is 1. The number of hydrogen-bond donors (Lipinski definition) is 1. The van der Waals surface area contributed by atoms with Crippen LogP contribution in [-0.2, 0) is 11.3 Å². The van der Waals surface area contributed by atoms with Gasteiger partial charge in [-0.1, -0.05) is 36.8 Å². The molecule has 1 aromatic carbocycles. The molecule has 0 spiro atoms. The maximum Gasteiger partial charge on any atom is 0.263 e. The number of benzene rings is 1. The summed E-state index contributed by atoms with van der Waals surface area (Å²) in [7, 11) is 0. The lowest BCUT2D eigenvalue weighted by atomic mass is 10.1. The highest BCUT2D eigenvalue weighted by Gasteiger charge is 2.15. The van der Waals surface area contributed by atoms with Crippen LogP contribution in [0.3, 0.4) is 0 Å². The second-order valence-corrected chi connectivity index (χ2v) is 7.11. The Morgan fingerprint density at radius 3 is 2.72 bits per heavy atom. The van der Waals surface area contributed by atoms with Crippen molar-refractivity contribution in [1.29, 1.82) is 0 Å². The Labute approximate surface area is 150 Å². The third-order valence-electron chi connectivity index (χ3n) is 4.26. The fourth-order valence-electron chi connectivity index (χ4n) is 2.60. The number of rotatable bonds is 5. The normalized spacial score (nSPS) is 12.3.